The van der Waals surface area contributed by atoms with Crippen LogP contribution in [0.5, 0.6) is 0 Å². The van der Waals surface area contributed by atoms with Crippen molar-refractivity contribution < 1.29 is 27.5 Å². The molecule has 0 saturated carbocycles. The summed E-state index contributed by atoms with van der Waals surface area (Å²) in [5.74, 6) is -1.36. The SMILES string of the molecule is Cc1nnc(/C(=C\C(=O)O)c2cc(Br)cc(C(F)(F)F)c2)o1. The van der Waals surface area contributed by atoms with E-state index in [0.717, 1.165) is 18.2 Å². The van der Waals surface area contributed by atoms with Gasteiger partial charge in [0.1, 0.15) is 0 Å². The Morgan fingerprint density at radius 3 is 2.50 bits per heavy atom. The highest BCUT2D eigenvalue weighted by Crippen LogP contribution is 2.34. The number of benzene rings is 1. The van der Waals surface area contributed by atoms with Crippen LogP contribution < -0.4 is 0 Å². The van der Waals surface area contributed by atoms with Gasteiger partial charge in [-0.15, -0.1) is 10.2 Å². The van der Waals surface area contributed by atoms with Crippen molar-refractivity contribution in [1.29, 1.82) is 0 Å². The summed E-state index contributed by atoms with van der Waals surface area (Å²) in [4.78, 5) is 10.9. The van der Waals surface area contributed by atoms with Gasteiger partial charge in [-0.3, -0.25) is 0 Å². The van der Waals surface area contributed by atoms with Crippen molar-refractivity contribution in [3.8, 4) is 0 Å². The van der Waals surface area contributed by atoms with Gasteiger partial charge in [0.15, 0.2) is 0 Å². The maximum Gasteiger partial charge on any atom is 0.416 e. The van der Waals surface area contributed by atoms with E-state index in [0.29, 0.717) is 0 Å². The number of aryl methyl sites for hydroxylation is 1. The number of carboxylic acids is 1. The lowest BCUT2D eigenvalue weighted by atomic mass is 10.0. The molecule has 0 aliphatic rings. The fraction of sp³-hybridized carbons (Fsp3) is 0.154. The lowest BCUT2D eigenvalue weighted by molar-refractivity contribution is -0.137. The standard InChI is InChI=1S/C13H8BrF3N2O3/c1-6-18-19-12(22-6)10(5-11(20)21)7-2-8(13(15,16)17)4-9(14)3-7/h2-5H,1H3,(H,20,21)/b10-5-. The van der Waals surface area contributed by atoms with Crippen molar-refractivity contribution in [3.63, 3.8) is 0 Å². The quantitative estimate of drug-likeness (QED) is 0.826. The summed E-state index contributed by atoms with van der Waals surface area (Å²) in [6.07, 6.45) is -3.85. The average Bonchev–Trinajstić information content (AvgIpc) is 2.80. The Kier molecular flexibility index (Phi) is 4.36. The Labute approximate surface area is 130 Å². The summed E-state index contributed by atoms with van der Waals surface area (Å²) >= 11 is 2.98. The van der Waals surface area contributed by atoms with Crippen LogP contribution in [0, 0.1) is 6.92 Å². The highest BCUT2D eigenvalue weighted by Gasteiger charge is 2.31. The molecule has 1 heterocycles. The molecule has 5 nitrogen and oxygen atoms in total. The van der Waals surface area contributed by atoms with E-state index >= 15 is 0 Å². The smallest absolute Gasteiger partial charge is 0.416 e. The maximum absolute atomic E-state index is 12.9. The number of nitrogens with zero attached hydrogens (tertiary/aromatic N) is 2. The molecule has 0 amide bonds. The van der Waals surface area contributed by atoms with Crippen molar-refractivity contribution in [2.75, 3.05) is 0 Å². The third-order valence-electron chi connectivity index (χ3n) is 2.56. The molecule has 1 aromatic carbocycles. The Balaban J connectivity index is 2.63. The summed E-state index contributed by atoms with van der Waals surface area (Å²) in [5.41, 5.74) is -1.04. The van der Waals surface area contributed by atoms with Gasteiger partial charge in [0.05, 0.1) is 11.1 Å². The second-order valence-electron chi connectivity index (χ2n) is 4.25. The van der Waals surface area contributed by atoms with Crippen molar-refractivity contribution in [2.24, 2.45) is 0 Å². The molecule has 1 N–H and O–H groups in total. The number of hydrogen-bond acceptors (Lipinski definition) is 4. The minimum atomic E-state index is -4.57. The maximum atomic E-state index is 12.9. The van der Waals surface area contributed by atoms with E-state index in [2.05, 4.69) is 26.1 Å². The zero-order chi connectivity index (χ0) is 16.5. The zero-order valence-electron chi connectivity index (χ0n) is 11.0. The molecule has 0 aliphatic heterocycles. The number of carbonyl (C=O) groups is 1. The molecule has 2 aromatic rings. The molecular weight excluding hydrogens is 369 g/mol. The molecule has 0 radical (unpaired) electrons. The molecule has 0 unspecified atom stereocenters. The summed E-state index contributed by atoms with van der Waals surface area (Å²) in [6.45, 7) is 1.48. The molecule has 0 atom stereocenters. The van der Waals surface area contributed by atoms with Crippen molar-refractivity contribution >= 4 is 27.5 Å². The van der Waals surface area contributed by atoms with E-state index in [9.17, 15) is 18.0 Å². The number of carboxylic acid groups (broad SMARTS) is 1. The first-order valence-corrected chi connectivity index (χ1v) is 6.59. The van der Waals surface area contributed by atoms with Crippen LogP contribution in [-0.4, -0.2) is 21.3 Å². The highest BCUT2D eigenvalue weighted by molar-refractivity contribution is 9.10. The number of rotatable bonds is 3. The van der Waals surface area contributed by atoms with Crippen LogP contribution in [0.4, 0.5) is 13.2 Å². The molecular formula is C13H8BrF3N2O3. The summed E-state index contributed by atoms with van der Waals surface area (Å²) < 4.78 is 43.9. The minimum Gasteiger partial charge on any atom is -0.478 e. The first kappa shape index (κ1) is 16.2. The van der Waals surface area contributed by atoms with Gasteiger partial charge in [0.25, 0.3) is 0 Å². The van der Waals surface area contributed by atoms with E-state index in [4.69, 9.17) is 9.52 Å². The van der Waals surface area contributed by atoms with E-state index in [1.54, 1.807) is 0 Å². The van der Waals surface area contributed by atoms with Crippen LogP contribution in [0.15, 0.2) is 33.2 Å². The predicted octanol–water partition coefficient (Wildman–Crippen LogP) is 3.68. The highest BCUT2D eigenvalue weighted by atomic mass is 79.9. The van der Waals surface area contributed by atoms with Crippen LogP contribution >= 0.6 is 15.9 Å². The topological polar surface area (TPSA) is 76.2 Å². The van der Waals surface area contributed by atoms with Gasteiger partial charge >= 0.3 is 12.1 Å². The fourth-order valence-electron chi connectivity index (χ4n) is 1.71. The van der Waals surface area contributed by atoms with Crippen molar-refractivity contribution in [1.82, 2.24) is 10.2 Å². The van der Waals surface area contributed by atoms with Crippen molar-refractivity contribution in [3.05, 3.63) is 51.7 Å². The van der Waals surface area contributed by atoms with Gasteiger partial charge in [-0.25, -0.2) is 4.79 Å². The Morgan fingerprint density at radius 2 is 2.00 bits per heavy atom. The number of aromatic nitrogens is 2. The van der Waals surface area contributed by atoms with E-state index in [-0.39, 0.29) is 27.4 Å². The number of aliphatic carboxylic acids is 1. The third kappa shape index (κ3) is 3.73. The lowest BCUT2D eigenvalue weighted by Crippen LogP contribution is -2.06. The second kappa shape index (κ2) is 5.91. The summed E-state index contributed by atoms with van der Waals surface area (Å²) in [7, 11) is 0. The van der Waals surface area contributed by atoms with E-state index in [1.807, 2.05) is 0 Å². The van der Waals surface area contributed by atoms with E-state index < -0.39 is 17.7 Å². The van der Waals surface area contributed by atoms with Crippen LogP contribution in [0.1, 0.15) is 22.9 Å². The molecule has 0 aliphatic carbocycles. The molecule has 0 spiro atoms. The number of halogens is 4. The van der Waals surface area contributed by atoms with Crippen LogP contribution in [0.3, 0.4) is 0 Å². The van der Waals surface area contributed by atoms with Gasteiger partial charge in [-0.05, 0) is 23.8 Å². The van der Waals surface area contributed by atoms with Gasteiger partial charge in [-0.2, -0.15) is 13.2 Å². The van der Waals surface area contributed by atoms with Crippen LogP contribution in [-0.2, 0) is 11.0 Å². The summed E-state index contributed by atoms with van der Waals surface area (Å²) in [6, 6.07) is 3.05. The number of hydrogen-bond donors (Lipinski definition) is 1. The predicted molar refractivity (Wildman–Crippen MR) is 72.9 cm³/mol. The van der Waals surface area contributed by atoms with Crippen molar-refractivity contribution in [2.45, 2.75) is 13.1 Å². The first-order valence-electron chi connectivity index (χ1n) is 5.80. The molecule has 0 fully saturated rings. The molecule has 9 heteroatoms. The van der Waals surface area contributed by atoms with E-state index in [1.165, 1.54) is 13.0 Å². The van der Waals surface area contributed by atoms with Crippen LogP contribution in [0.25, 0.3) is 5.57 Å². The average molecular weight is 377 g/mol. The lowest BCUT2D eigenvalue weighted by Gasteiger charge is -2.10. The Morgan fingerprint density at radius 1 is 1.32 bits per heavy atom. The third-order valence-corrected chi connectivity index (χ3v) is 3.02. The monoisotopic (exact) mass is 376 g/mol. The summed E-state index contributed by atoms with van der Waals surface area (Å²) in [5, 5.41) is 16.1. The molecule has 22 heavy (non-hydrogen) atoms. The number of alkyl halides is 3. The van der Waals surface area contributed by atoms with Gasteiger partial charge in [0.2, 0.25) is 11.8 Å². The minimum absolute atomic E-state index is 0.00671. The molecule has 2 rings (SSSR count). The molecule has 0 saturated heterocycles. The van der Waals surface area contributed by atoms with Gasteiger partial charge in [-0.1, -0.05) is 15.9 Å². The Hall–Kier alpha value is -2.16. The second-order valence-corrected chi connectivity index (χ2v) is 5.16. The fourth-order valence-corrected chi connectivity index (χ4v) is 2.20. The molecule has 116 valence electrons. The van der Waals surface area contributed by atoms with Crippen LogP contribution in [0.2, 0.25) is 0 Å². The first-order chi connectivity index (χ1) is 10.2. The molecule has 1 aromatic heterocycles. The molecule has 0 bridgehead atoms. The van der Waals surface area contributed by atoms with Gasteiger partial charge < -0.3 is 9.52 Å². The Bertz CT molecular complexity index is 753. The zero-order valence-corrected chi connectivity index (χ0v) is 12.6. The largest absolute Gasteiger partial charge is 0.478 e. The normalized spacial score (nSPS) is 12.5. The van der Waals surface area contributed by atoms with Gasteiger partial charge in [0, 0.05) is 17.5 Å².